The summed E-state index contributed by atoms with van der Waals surface area (Å²) in [6, 6.07) is 3.74. The van der Waals surface area contributed by atoms with Gasteiger partial charge in [-0.05, 0) is 38.1 Å². The minimum absolute atomic E-state index is 0.233. The van der Waals surface area contributed by atoms with Crippen LogP contribution in [-0.4, -0.2) is 44.8 Å². The molecular weight excluding hydrogens is 264 g/mol. The number of ether oxygens (including phenoxy) is 2. The van der Waals surface area contributed by atoms with Crippen LogP contribution in [-0.2, 0) is 6.42 Å². The number of nitrogens with two attached hydrogens (primary N) is 1. The highest BCUT2D eigenvalue weighted by Crippen LogP contribution is 2.36. The third-order valence-electron chi connectivity index (χ3n) is 3.28. The summed E-state index contributed by atoms with van der Waals surface area (Å²) in [5.41, 5.74) is 6.65. The summed E-state index contributed by atoms with van der Waals surface area (Å²) in [6.45, 7) is 2.55. The summed E-state index contributed by atoms with van der Waals surface area (Å²) in [5.74, 6) is 1.52. The first-order valence-corrected chi connectivity index (χ1v) is 6.93. The molecule has 1 aromatic carbocycles. The lowest BCUT2D eigenvalue weighted by Gasteiger charge is -2.36. The van der Waals surface area contributed by atoms with Gasteiger partial charge in [-0.25, -0.2) is 0 Å². The largest absolute Gasteiger partial charge is 0.493 e. The van der Waals surface area contributed by atoms with Gasteiger partial charge in [-0.3, -0.25) is 4.90 Å². The third-order valence-corrected chi connectivity index (χ3v) is 3.50. The van der Waals surface area contributed by atoms with E-state index in [1.165, 1.54) is 0 Å². The van der Waals surface area contributed by atoms with Gasteiger partial charge in [0, 0.05) is 24.2 Å². The summed E-state index contributed by atoms with van der Waals surface area (Å²) < 4.78 is 11.4. The number of hydrogen-bond acceptors (Lipinski definition) is 4. The Balaban J connectivity index is 2.20. The number of halogens is 1. The second-order valence-electron chi connectivity index (χ2n) is 4.95. The van der Waals surface area contributed by atoms with Crippen LogP contribution in [0.25, 0.3) is 0 Å². The van der Waals surface area contributed by atoms with E-state index in [9.17, 15) is 0 Å². The number of rotatable bonds is 6. The molecule has 0 unspecified atom stereocenters. The van der Waals surface area contributed by atoms with Crippen molar-refractivity contribution in [3.63, 3.8) is 0 Å². The number of benzene rings is 1. The van der Waals surface area contributed by atoms with E-state index in [0.29, 0.717) is 17.3 Å². The van der Waals surface area contributed by atoms with E-state index in [1.807, 2.05) is 6.07 Å². The van der Waals surface area contributed by atoms with Crippen LogP contribution in [0.15, 0.2) is 12.1 Å². The summed E-state index contributed by atoms with van der Waals surface area (Å²) in [6.07, 6.45) is 1.99. The number of aryl methyl sites for hydroxylation is 1. The van der Waals surface area contributed by atoms with Gasteiger partial charge >= 0.3 is 0 Å². The maximum atomic E-state index is 6.11. The molecule has 0 aliphatic carbocycles. The molecule has 1 aliphatic heterocycles. The smallest absolute Gasteiger partial charge is 0.165 e. The highest BCUT2D eigenvalue weighted by molar-refractivity contribution is 6.30. The molecule has 5 heteroatoms. The van der Waals surface area contributed by atoms with Crippen molar-refractivity contribution in [2.45, 2.75) is 18.9 Å². The van der Waals surface area contributed by atoms with E-state index < -0.39 is 0 Å². The normalized spacial score (nSPS) is 16.2. The van der Waals surface area contributed by atoms with E-state index in [2.05, 4.69) is 11.9 Å². The lowest BCUT2D eigenvalue weighted by atomic mass is 10.1. The number of likely N-dealkylation sites (tertiary alicyclic amines) is 1. The van der Waals surface area contributed by atoms with Crippen molar-refractivity contribution < 1.29 is 9.47 Å². The van der Waals surface area contributed by atoms with Gasteiger partial charge in [-0.2, -0.15) is 0 Å². The molecule has 0 aromatic heterocycles. The second kappa shape index (κ2) is 6.46. The van der Waals surface area contributed by atoms with Gasteiger partial charge in [0.15, 0.2) is 11.5 Å². The van der Waals surface area contributed by atoms with Crippen molar-refractivity contribution in [3.8, 4) is 11.5 Å². The van der Waals surface area contributed by atoms with Crippen LogP contribution in [0.3, 0.4) is 0 Å². The van der Waals surface area contributed by atoms with Crippen molar-refractivity contribution in [1.29, 1.82) is 0 Å². The maximum Gasteiger partial charge on any atom is 0.165 e. The fourth-order valence-corrected chi connectivity index (χ4v) is 2.50. The van der Waals surface area contributed by atoms with Gasteiger partial charge in [0.1, 0.15) is 6.10 Å². The van der Waals surface area contributed by atoms with Crippen molar-refractivity contribution in [3.05, 3.63) is 22.7 Å². The van der Waals surface area contributed by atoms with Crippen LogP contribution in [0.5, 0.6) is 11.5 Å². The number of hydrogen-bond donors (Lipinski definition) is 1. The fourth-order valence-electron chi connectivity index (χ4n) is 2.27. The average molecular weight is 285 g/mol. The Bertz CT molecular complexity index is 434. The maximum absolute atomic E-state index is 6.11. The molecule has 106 valence electrons. The Morgan fingerprint density at radius 3 is 2.74 bits per heavy atom. The topological polar surface area (TPSA) is 47.7 Å². The summed E-state index contributed by atoms with van der Waals surface area (Å²) >= 11 is 6.11. The summed E-state index contributed by atoms with van der Waals surface area (Å²) in [7, 11) is 3.71. The Morgan fingerprint density at radius 1 is 1.42 bits per heavy atom. The van der Waals surface area contributed by atoms with E-state index >= 15 is 0 Å². The lowest BCUT2D eigenvalue weighted by molar-refractivity contribution is 0.0362. The van der Waals surface area contributed by atoms with E-state index in [1.54, 1.807) is 13.2 Å². The van der Waals surface area contributed by atoms with E-state index in [-0.39, 0.29) is 6.10 Å². The molecule has 2 rings (SSSR count). The average Bonchev–Trinajstić information content (AvgIpc) is 2.36. The molecule has 0 spiro atoms. The van der Waals surface area contributed by atoms with Gasteiger partial charge in [0.2, 0.25) is 0 Å². The highest BCUT2D eigenvalue weighted by atomic mass is 35.5. The molecular formula is C14H21ClN2O2. The van der Waals surface area contributed by atoms with Gasteiger partial charge in [0.25, 0.3) is 0 Å². The van der Waals surface area contributed by atoms with Crippen molar-refractivity contribution in [2.24, 2.45) is 5.73 Å². The zero-order valence-corrected chi connectivity index (χ0v) is 12.2. The van der Waals surface area contributed by atoms with Crippen molar-refractivity contribution in [2.75, 3.05) is 33.8 Å². The van der Waals surface area contributed by atoms with E-state index in [0.717, 1.165) is 37.2 Å². The minimum atomic E-state index is 0.233. The molecule has 0 radical (unpaired) electrons. The molecule has 2 N–H and O–H groups in total. The van der Waals surface area contributed by atoms with Crippen LogP contribution >= 0.6 is 11.6 Å². The Labute approximate surface area is 119 Å². The second-order valence-corrected chi connectivity index (χ2v) is 5.39. The van der Waals surface area contributed by atoms with Crippen LogP contribution in [0.1, 0.15) is 12.0 Å². The quantitative estimate of drug-likeness (QED) is 0.867. The Morgan fingerprint density at radius 2 is 2.16 bits per heavy atom. The standard InChI is InChI=1S/C14H21ClN2O2/c1-17-8-12(9-17)19-14-10(4-3-5-16)6-11(15)7-13(14)18-2/h6-7,12H,3-5,8-9,16H2,1-2H3. The van der Waals surface area contributed by atoms with Gasteiger partial charge in [0.05, 0.1) is 7.11 Å². The van der Waals surface area contributed by atoms with E-state index in [4.69, 9.17) is 26.8 Å². The molecule has 0 saturated carbocycles. The molecule has 0 amide bonds. The number of nitrogens with zero attached hydrogens (tertiary/aromatic N) is 1. The Kier molecular flexibility index (Phi) is 4.91. The molecule has 0 bridgehead atoms. The monoisotopic (exact) mass is 284 g/mol. The highest BCUT2D eigenvalue weighted by Gasteiger charge is 2.27. The SMILES string of the molecule is COc1cc(Cl)cc(CCCN)c1OC1CN(C)C1. The van der Waals surface area contributed by atoms with Crippen LogP contribution in [0.4, 0.5) is 0 Å². The molecule has 1 saturated heterocycles. The molecule has 4 nitrogen and oxygen atoms in total. The first-order chi connectivity index (χ1) is 9.13. The van der Waals surface area contributed by atoms with Crippen LogP contribution in [0.2, 0.25) is 5.02 Å². The molecule has 19 heavy (non-hydrogen) atoms. The van der Waals surface area contributed by atoms with Crippen molar-refractivity contribution >= 4 is 11.6 Å². The Hall–Kier alpha value is -0.970. The number of likely N-dealkylation sites (N-methyl/N-ethyl adjacent to an activating group) is 1. The van der Waals surface area contributed by atoms with Crippen molar-refractivity contribution in [1.82, 2.24) is 4.90 Å². The van der Waals surface area contributed by atoms with Gasteiger partial charge < -0.3 is 15.2 Å². The first kappa shape index (κ1) is 14.4. The molecule has 1 fully saturated rings. The van der Waals surface area contributed by atoms with Crippen LogP contribution < -0.4 is 15.2 Å². The summed E-state index contributed by atoms with van der Waals surface area (Å²) in [4.78, 5) is 2.21. The van der Waals surface area contributed by atoms with Crippen LogP contribution in [0, 0.1) is 0 Å². The van der Waals surface area contributed by atoms with Gasteiger partial charge in [-0.1, -0.05) is 11.6 Å². The fraction of sp³-hybridized carbons (Fsp3) is 0.571. The first-order valence-electron chi connectivity index (χ1n) is 6.55. The predicted octanol–water partition coefficient (Wildman–Crippen LogP) is 1.93. The molecule has 1 aromatic rings. The van der Waals surface area contributed by atoms with Gasteiger partial charge in [-0.15, -0.1) is 0 Å². The molecule has 1 aliphatic rings. The third kappa shape index (κ3) is 3.53. The number of methoxy groups -OCH3 is 1. The lowest BCUT2D eigenvalue weighted by Crippen LogP contribution is -2.51. The zero-order chi connectivity index (χ0) is 13.8. The molecule has 0 atom stereocenters. The zero-order valence-electron chi connectivity index (χ0n) is 11.5. The predicted molar refractivity (Wildman–Crippen MR) is 77.3 cm³/mol. The minimum Gasteiger partial charge on any atom is -0.493 e. The summed E-state index contributed by atoms with van der Waals surface area (Å²) in [5, 5.41) is 0.668. The molecule has 1 heterocycles.